The molecular weight excluding hydrogens is 417 g/mol. The summed E-state index contributed by atoms with van der Waals surface area (Å²) >= 11 is 12.7. The number of nitrogens with zero attached hydrogens (tertiary/aromatic N) is 2. The lowest BCUT2D eigenvalue weighted by atomic mass is 10.1. The van der Waals surface area contributed by atoms with E-state index >= 15 is 0 Å². The summed E-state index contributed by atoms with van der Waals surface area (Å²) in [6.07, 6.45) is 8.75. The van der Waals surface area contributed by atoms with E-state index in [9.17, 15) is 9.90 Å². The predicted molar refractivity (Wildman–Crippen MR) is 109 cm³/mol. The normalized spacial score (nSPS) is 24.0. The molecule has 0 amide bonds. The minimum atomic E-state index is -0.852. The van der Waals surface area contributed by atoms with Gasteiger partial charge in [-0.05, 0) is 19.3 Å². The molecule has 2 fully saturated rings. The van der Waals surface area contributed by atoms with E-state index in [1.807, 2.05) is 17.1 Å². The number of aromatic nitrogens is 3. The molecule has 1 saturated heterocycles. The maximum absolute atomic E-state index is 11.2. The average Bonchev–Trinajstić information content (AvgIpc) is 3.13. The summed E-state index contributed by atoms with van der Waals surface area (Å²) in [5.74, 6) is -0.830. The first-order valence-corrected chi connectivity index (χ1v) is 10.3. The number of benzene rings is 1. The molecule has 2 N–H and O–H groups in total. The summed E-state index contributed by atoms with van der Waals surface area (Å²) in [4.78, 5) is 14.4. The molecule has 1 aliphatic heterocycles. The van der Waals surface area contributed by atoms with E-state index < -0.39 is 11.9 Å². The second-order valence-electron chi connectivity index (χ2n) is 7.49. The molecule has 2 aromatic heterocycles. The molecule has 152 valence electrons. The lowest BCUT2D eigenvalue weighted by Crippen LogP contribution is -2.18. The number of nitrogens with one attached hydrogen (secondary N) is 1. The van der Waals surface area contributed by atoms with Gasteiger partial charge < -0.3 is 19.6 Å². The van der Waals surface area contributed by atoms with Gasteiger partial charge in [-0.2, -0.15) is 5.10 Å². The zero-order valence-electron chi connectivity index (χ0n) is 15.4. The highest BCUT2D eigenvalue weighted by Crippen LogP contribution is 2.45. The van der Waals surface area contributed by atoms with Crippen LogP contribution in [0.3, 0.4) is 0 Å². The van der Waals surface area contributed by atoms with Crippen molar-refractivity contribution in [3.63, 3.8) is 0 Å². The van der Waals surface area contributed by atoms with Crippen LogP contribution < -0.4 is 4.74 Å². The zero-order valence-corrected chi connectivity index (χ0v) is 16.9. The summed E-state index contributed by atoms with van der Waals surface area (Å²) in [7, 11) is 0. The van der Waals surface area contributed by atoms with Crippen LogP contribution in [0.1, 0.15) is 31.9 Å². The molecule has 0 radical (unpaired) electrons. The molecule has 1 aromatic carbocycles. The van der Waals surface area contributed by atoms with Gasteiger partial charge in [-0.25, -0.2) is 4.68 Å². The molecule has 1 aliphatic carbocycles. The van der Waals surface area contributed by atoms with E-state index in [1.165, 1.54) is 0 Å². The third-order valence-electron chi connectivity index (χ3n) is 5.50. The molecule has 0 bridgehead atoms. The molecule has 9 heteroatoms. The van der Waals surface area contributed by atoms with Crippen LogP contribution in [0, 0.1) is 5.92 Å². The molecule has 7 nitrogen and oxygen atoms in total. The number of fused-ring (bicyclic) bond motifs is 1. The van der Waals surface area contributed by atoms with Crippen molar-refractivity contribution in [3.8, 4) is 16.9 Å². The molecule has 5 rings (SSSR count). The van der Waals surface area contributed by atoms with Crippen molar-refractivity contribution in [3.05, 3.63) is 34.7 Å². The van der Waals surface area contributed by atoms with E-state index in [-0.39, 0.29) is 12.3 Å². The van der Waals surface area contributed by atoms with Gasteiger partial charge in [-0.15, -0.1) is 0 Å². The number of carboxylic acids is 1. The Labute approximate surface area is 176 Å². The Morgan fingerprint density at radius 2 is 2.24 bits per heavy atom. The van der Waals surface area contributed by atoms with E-state index in [0.717, 1.165) is 42.4 Å². The fourth-order valence-electron chi connectivity index (χ4n) is 3.83. The maximum Gasteiger partial charge on any atom is 0.310 e. The number of rotatable bonds is 5. The smallest absolute Gasteiger partial charge is 0.310 e. The van der Waals surface area contributed by atoms with Gasteiger partial charge in [0, 0.05) is 42.6 Å². The summed E-state index contributed by atoms with van der Waals surface area (Å²) in [6.45, 7) is 0.741. The molecule has 1 saturated carbocycles. The van der Waals surface area contributed by atoms with E-state index in [2.05, 4.69) is 10.1 Å². The van der Waals surface area contributed by atoms with Gasteiger partial charge in [-0.3, -0.25) is 4.79 Å². The molecule has 2 aliphatic rings. The van der Waals surface area contributed by atoms with Crippen LogP contribution in [0.15, 0.2) is 24.7 Å². The van der Waals surface area contributed by atoms with Crippen molar-refractivity contribution in [1.29, 1.82) is 0 Å². The Morgan fingerprint density at radius 1 is 1.38 bits per heavy atom. The number of aromatic amines is 1. The van der Waals surface area contributed by atoms with Crippen LogP contribution in [0.4, 0.5) is 0 Å². The first-order valence-electron chi connectivity index (χ1n) is 9.57. The Bertz CT molecular complexity index is 1090. The highest BCUT2D eigenvalue weighted by molar-refractivity contribution is 6.45. The highest BCUT2D eigenvalue weighted by atomic mass is 35.5. The first kappa shape index (κ1) is 18.8. The third kappa shape index (κ3) is 3.37. The van der Waals surface area contributed by atoms with Gasteiger partial charge in [0.25, 0.3) is 0 Å². The van der Waals surface area contributed by atoms with Crippen LogP contribution >= 0.6 is 23.2 Å². The van der Waals surface area contributed by atoms with Gasteiger partial charge in [0.05, 0.1) is 33.1 Å². The Balaban J connectivity index is 1.53. The minimum Gasteiger partial charge on any atom is -0.489 e. The molecular formula is C20H19Cl2N3O4. The Morgan fingerprint density at radius 3 is 2.97 bits per heavy atom. The molecule has 3 heterocycles. The van der Waals surface area contributed by atoms with Crippen molar-refractivity contribution in [2.75, 3.05) is 6.61 Å². The molecule has 3 atom stereocenters. The number of hydrogen-bond acceptors (Lipinski definition) is 4. The number of H-pyrrole nitrogens is 1. The summed E-state index contributed by atoms with van der Waals surface area (Å²) < 4.78 is 13.6. The third-order valence-corrected chi connectivity index (χ3v) is 6.29. The second-order valence-corrected chi connectivity index (χ2v) is 8.28. The van der Waals surface area contributed by atoms with Crippen LogP contribution in [0.5, 0.6) is 5.75 Å². The maximum atomic E-state index is 11.2. The average molecular weight is 436 g/mol. The lowest BCUT2D eigenvalue weighted by molar-refractivity contribution is -0.139. The topological polar surface area (TPSA) is 89.4 Å². The monoisotopic (exact) mass is 435 g/mol. The largest absolute Gasteiger partial charge is 0.489 e. The van der Waals surface area contributed by atoms with Crippen LogP contribution in [0.2, 0.25) is 10.0 Å². The Hall–Kier alpha value is -2.22. The van der Waals surface area contributed by atoms with Crippen LogP contribution in [0.25, 0.3) is 22.0 Å². The van der Waals surface area contributed by atoms with E-state index in [0.29, 0.717) is 27.7 Å². The van der Waals surface area contributed by atoms with Gasteiger partial charge >= 0.3 is 5.97 Å². The number of carboxylic acid groups (broad SMARTS) is 1. The number of carbonyl (C=O) groups is 1. The van der Waals surface area contributed by atoms with Crippen LogP contribution in [-0.2, 0) is 9.53 Å². The second kappa shape index (κ2) is 7.23. The van der Waals surface area contributed by atoms with Crippen molar-refractivity contribution in [2.45, 2.75) is 38.0 Å². The van der Waals surface area contributed by atoms with Crippen molar-refractivity contribution >= 4 is 40.1 Å². The van der Waals surface area contributed by atoms with Crippen LogP contribution in [-0.4, -0.2) is 38.6 Å². The number of aliphatic carboxylic acids is 1. The fraction of sp³-hybridized carbons (Fsp3) is 0.400. The standard InChI is InChI=1S/C20H19Cl2N3O4/c21-13-6-15(29-14-5-11(14)20(26)27)17-12(8-23-19(17)18(13)22)10-7-24-25(9-10)16-3-1-2-4-28-16/h6-9,11,14,16,23H,1-5H2,(H,26,27). The van der Waals surface area contributed by atoms with Gasteiger partial charge in [0.1, 0.15) is 18.1 Å². The van der Waals surface area contributed by atoms with Crippen molar-refractivity contribution in [1.82, 2.24) is 14.8 Å². The number of halogens is 2. The fourth-order valence-corrected chi connectivity index (χ4v) is 4.23. The molecule has 0 spiro atoms. The first-order chi connectivity index (χ1) is 14.0. The summed E-state index contributed by atoms with van der Waals surface area (Å²) in [6, 6.07) is 1.65. The predicted octanol–water partition coefficient (Wildman–Crippen LogP) is 4.89. The van der Waals surface area contributed by atoms with E-state index in [1.54, 1.807) is 12.3 Å². The van der Waals surface area contributed by atoms with Crippen molar-refractivity contribution < 1.29 is 19.4 Å². The highest BCUT2D eigenvalue weighted by Gasteiger charge is 2.46. The molecule has 29 heavy (non-hydrogen) atoms. The van der Waals surface area contributed by atoms with Gasteiger partial charge in [0.15, 0.2) is 0 Å². The van der Waals surface area contributed by atoms with E-state index in [4.69, 9.17) is 32.7 Å². The van der Waals surface area contributed by atoms with Gasteiger partial charge in [0.2, 0.25) is 0 Å². The van der Waals surface area contributed by atoms with Crippen molar-refractivity contribution in [2.24, 2.45) is 5.92 Å². The number of ether oxygens (including phenoxy) is 2. The zero-order chi connectivity index (χ0) is 20.1. The summed E-state index contributed by atoms with van der Waals surface area (Å²) in [5.41, 5.74) is 2.40. The quantitative estimate of drug-likeness (QED) is 0.595. The van der Waals surface area contributed by atoms with Gasteiger partial charge in [-0.1, -0.05) is 23.2 Å². The summed E-state index contributed by atoms with van der Waals surface area (Å²) in [5, 5.41) is 15.2. The number of hydrogen-bond donors (Lipinski definition) is 2. The lowest BCUT2D eigenvalue weighted by Gasteiger charge is -2.22. The molecule has 3 aromatic rings. The SMILES string of the molecule is O=C(O)C1CC1Oc1cc(Cl)c(Cl)c2[nH]cc(-c3cnn(C4CCCCO4)c3)c12. The molecule has 3 unspecified atom stereocenters. The minimum absolute atomic E-state index is 0.0563. The Kier molecular flexibility index (Phi) is 4.69.